The Morgan fingerprint density at radius 1 is 1.28 bits per heavy atom. The van der Waals surface area contributed by atoms with Gasteiger partial charge < -0.3 is 19.9 Å². The molecule has 0 aliphatic carbocycles. The van der Waals surface area contributed by atoms with Crippen LogP contribution >= 0.6 is 0 Å². The molecule has 1 rings (SSSR count). The summed E-state index contributed by atoms with van der Waals surface area (Å²) in [5.74, 6) is -0.740. The molecule has 0 bridgehead atoms. The average molecular weight is 253 g/mol. The van der Waals surface area contributed by atoms with E-state index in [4.69, 9.17) is 14.6 Å². The SMILES string of the molecule is COCCC(=O)Nc1ccc(OCC(=O)O)cc1. The lowest BCUT2D eigenvalue weighted by atomic mass is 10.3. The lowest BCUT2D eigenvalue weighted by Gasteiger charge is -2.06. The van der Waals surface area contributed by atoms with Gasteiger partial charge in [-0.15, -0.1) is 0 Å². The summed E-state index contributed by atoms with van der Waals surface area (Å²) in [5.41, 5.74) is 0.624. The molecule has 0 fully saturated rings. The van der Waals surface area contributed by atoms with Gasteiger partial charge in [0.25, 0.3) is 0 Å². The fourth-order valence-corrected chi connectivity index (χ4v) is 1.20. The Bertz CT molecular complexity index is 401. The molecule has 0 heterocycles. The van der Waals surface area contributed by atoms with E-state index >= 15 is 0 Å². The van der Waals surface area contributed by atoms with Gasteiger partial charge in [-0.1, -0.05) is 0 Å². The number of benzene rings is 1. The Kier molecular flexibility index (Phi) is 5.66. The van der Waals surface area contributed by atoms with Crippen LogP contribution in [0.1, 0.15) is 6.42 Å². The molecule has 0 saturated heterocycles. The quantitative estimate of drug-likeness (QED) is 0.760. The van der Waals surface area contributed by atoms with E-state index in [1.165, 1.54) is 7.11 Å². The van der Waals surface area contributed by atoms with Crippen LogP contribution < -0.4 is 10.1 Å². The molecule has 18 heavy (non-hydrogen) atoms. The highest BCUT2D eigenvalue weighted by Gasteiger charge is 2.03. The van der Waals surface area contributed by atoms with Crippen LogP contribution in [0.5, 0.6) is 5.75 Å². The number of nitrogens with one attached hydrogen (secondary N) is 1. The molecule has 0 atom stereocenters. The van der Waals surface area contributed by atoms with E-state index in [2.05, 4.69) is 5.32 Å². The van der Waals surface area contributed by atoms with Crippen LogP contribution in [0.2, 0.25) is 0 Å². The fourth-order valence-electron chi connectivity index (χ4n) is 1.20. The number of rotatable bonds is 7. The molecule has 6 nitrogen and oxygen atoms in total. The largest absolute Gasteiger partial charge is 0.482 e. The number of hydrogen-bond donors (Lipinski definition) is 2. The summed E-state index contributed by atoms with van der Waals surface area (Å²) in [4.78, 5) is 21.7. The monoisotopic (exact) mass is 253 g/mol. The van der Waals surface area contributed by atoms with E-state index in [1.807, 2.05) is 0 Å². The molecule has 0 aromatic heterocycles. The minimum Gasteiger partial charge on any atom is -0.482 e. The molecule has 6 heteroatoms. The summed E-state index contributed by atoms with van der Waals surface area (Å²) >= 11 is 0. The normalized spacial score (nSPS) is 9.83. The van der Waals surface area contributed by atoms with Crippen LogP contribution in [-0.2, 0) is 14.3 Å². The van der Waals surface area contributed by atoms with Crippen molar-refractivity contribution < 1.29 is 24.2 Å². The second-order valence-electron chi connectivity index (χ2n) is 3.50. The van der Waals surface area contributed by atoms with Crippen LogP contribution in [0.25, 0.3) is 0 Å². The van der Waals surface area contributed by atoms with Crippen molar-refractivity contribution in [3.05, 3.63) is 24.3 Å². The first-order valence-electron chi connectivity index (χ1n) is 5.35. The van der Waals surface area contributed by atoms with Crippen molar-refractivity contribution in [3.8, 4) is 5.75 Å². The zero-order valence-corrected chi connectivity index (χ0v) is 10.0. The van der Waals surface area contributed by atoms with Crippen LogP contribution in [-0.4, -0.2) is 37.3 Å². The molecule has 0 aliphatic rings. The standard InChI is InChI=1S/C12H15NO5/c1-17-7-6-11(14)13-9-2-4-10(5-3-9)18-8-12(15)16/h2-5H,6-8H2,1H3,(H,13,14)(H,15,16). The number of aliphatic carboxylic acids is 1. The van der Waals surface area contributed by atoms with E-state index in [1.54, 1.807) is 24.3 Å². The third-order valence-electron chi connectivity index (χ3n) is 2.03. The van der Waals surface area contributed by atoms with Crippen molar-refractivity contribution in [1.82, 2.24) is 0 Å². The molecule has 98 valence electrons. The Morgan fingerprint density at radius 3 is 2.50 bits per heavy atom. The molecular formula is C12H15NO5. The number of methoxy groups -OCH3 is 1. The predicted molar refractivity (Wildman–Crippen MR) is 64.7 cm³/mol. The number of carbonyl (C=O) groups is 2. The van der Waals surface area contributed by atoms with Crippen LogP contribution in [0, 0.1) is 0 Å². The van der Waals surface area contributed by atoms with Gasteiger partial charge in [-0.25, -0.2) is 4.79 Å². The molecule has 0 unspecified atom stereocenters. The summed E-state index contributed by atoms with van der Waals surface area (Å²) in [6, 6.07) is 6.47. The van der Waals surface area contributed by atoms with Gasteiger partial charge in [-0.05, 0) is 24.3 Å². The van der Waals surface area contributed by atoms with Gasteiger partial charge in [-0.3, -0.25) is 4.79 Å². The molecule has 2 N–H and O–H groups in total. The Labute approximate surface area is 105 Å². The second kappa shape index (κ2) is 7.29. The number of carboxylic acids is 1. The van der Waals surface area contributed by atoms with Crippen molar-refractivity contribution in [1.29, 1.82) is 0 Å². The maximum atomic E-state index is 11.4. The minimum atomic E-state index is -1.04. The number of hydrogen-bond acceptors (Lipinski definition) is 4. The van der Waals surface area contributed by atoms with E-state index in [0.717, 1.165) is 0 Å². The smallest absolute Gasteiger partial charge is 0.341 e. The molecule has 0 spiro atoms. The molecule has 0 aliphatic heterocycles. The summed E-state index contributed by atoms with van der Waals surface area (Å²) in [7, 11) is 1.53. The molecule has 1 amide bonds. The van der Waals surface area contributed by atoms with E-state index in [-0.39, 0.29) is 18.9 Å². The zero-order valence-electron chi connectivity index (χ0n) is 10.0. The number of carboxylic acid groups (broad SMARTS) is 1. The molecular weight excluding hydrogens is 238 g/mol. The second-order valence-corrected chi connectivity index (χ2v) is 3.50. The van der Waals surface area contributed by atoms with Crippen molar-refractivity contribution in [2.45, 2.75) is 6.42 Å². The highest BCUT2D eigenvalue weighted by Crippen LogP contribution is 2.15. The number of carbonyl (C=O) groups excluding carboxylic acids is 1. The van der Waals surface area contributed by atoms with Gasteiger partial charge >= 0.3 is 5.97 Å². The third-order valence-corrected chi connectivity index (χ3v) is 2.03. The first-order chi connectivity index (χ1) is 8.61. The maximum Gasteiger partial charge on any atom is 0.341 e. The van der Waals surface area contributed by atoms with Crippen molar-refractivity contribution in [3.63, 3.8) is 0 Å². The zero-order chi connectivity index (χ0) is 13.4. The Hall–Kier alpha value is -2.08. The summed E-state index contributed by atoms with van der Waals surface area (Å²) in [6.45, 7) is -0.0226. The van der Waals surface area contributed by atoms with Gasteiger partial charge in [-0.2, -0.15) is 0 Å². The highest BCUT2D eigenvalue weighted by molar-refractivity contribution is 5.90. The molecule has 0 radical (unpaired) electrons. The fraction of sp³-hybridized carbons (Fsp3) is 0.333. The van der Waals surface area contributed by atoms with Gasteiger partial charge in [0.15, 0.2) is 6.61 Å². The van der Waals surface area contributed by atoms with Gasteiger partial charge in [0.05, 0.1) is 13.0 Å². The first-order valence-corrected chi connectivity index (χ1v) is 5.35. The average Bonchev–Trinajstić information content (AvgIpc) is 2.35. The van der Waals surface area contributed by atoms with Crippen molar-refractivity contribution in [2.24, 2.45) is 0 Å². The Balaban J connectivity index is 2.44. The summed E-state index contributed by atoms with van der Waals surface area (Å²) < 4.78 is 9.75. The number of anilines is 1. The van der Waals surface area contributed by atoms with Crippen LogP contribution in [0.4, 0.5) is 5.69 Å². The topological polar surface area (TPSA) is 84.9 Å². The number of amides is 1. The van der Waals surface area contributed by atoms with Gasteiger partial charge in [0.2, 0.25) is 5.91 Å². The van der Waals surface area contributed by atoms with E-state index in [9.17, 15) is 9.59 Å². The maximum absolute atomic E-state index is 11.4. The third kappa shape index (κ3) is 5.31. The lowest BCUT2D eigenvalue weighted by molar-refractivity contribution is -0.139. The van der Waals surface area contributed by atoms with Gasteiger partial charge in [0.1, 0.15) is 5.75 Å². The van der Waals surface area contributed by atoms with Crippen LogP contribution in [0.15, 0.2) is 24.3 Å². The minimum absolute atomic E-state index is 0.143. The van der Waals surface area contributed by atoms with Crippen LogP contribution in [0.3, 0.4) is 0 Å². The van der Waals surface area contributed by atoms with Crippen molar-refractivity contribution >= 4 is 17.6 Å². The summed E-state index contributed by atoms with van der Waals surface area (Å²) in [5, 5.41) is 11.1. The first kappa shape index (κ1) is 14.0. The predicted octanol–water partition coefficient (Wildman–Crippen LogP) is 1.12. The number of ether oxygens (including phenoxy) is 2. The van der Waals surface area contributed by atoms with Gasteiger partial charge in [0, 0.05) is 12.8 Å². The van der Waals surface area contributed by atoms with E-state index < -0.39 is 5.97 Å². The van der Waals surface area contributed by atoms with E-state index in [0.29, 0.717) is 18.0 Å². The highest BCUT2D eigenvalue weighted by atomic mass is 16.5. The molecule has 1 aromatic rings. The molecule has 0 saturated carbocycles. The van der Waals surface area contributed by atoms with Crippen molar-refractivity contribution in [2.75, 3.05) is 25.6 Å². The Morgan fingerprint density at radius 2 is 1.94 bits per heavy atom. The molecule has 1 aromatic carbocycles. The lowest BCUT2D eigenvalue weighted by Crippen LogP contribution is -2.13. The summed E-state index contributed by atoms with van der Waals surface area (Å²) in [6.07, 6.45) is 0.285.